The minimum absolute atomic E-state index is 0. The van der Waals surface area contributed by atoms with Gasteiger partial charge in [0.15, 0.2) is 5.78 Å². The maximum Gasteiger partial charge on any atom is 0.217 e. The van der Waals surface area contributed by atoms with E-state index in [2.05, 4.69) is 44.0 Å². The number of ketones is 1. The molecular formula is C31H42IrNO3S-. The normalized spacial score (nSPS) is 12.1. The van der Waals surface area contributed by atoms with Crippen molar-refractivity contribution in [1.29, 1.82) is 0 Å². The number of fused-ring (bicyclic) bond motifs is 1. The van der Waals surface area contributed by atoms with Crippen molar-refractivity contribution in [2.24, 2.45) is 10.8 Å². The summed E-state index contributed by atoms with van der Waals surface area (Å²) in [5, 5.41) is 11.0. The van der Waals surface area contributed by atoms with E-state index in [0.717, 1.165) is 24.2 Å². The second-order valence-electron chi connectivity index (χ2n) is 11.0. The molecule has 3 aromatic rings. The Bertz CT molecular complexity index is 1200. The first kappa shape index (κ1) is 33.0. The van der Waals surface area contributed by atoms with Crippen molar-refractivity contribution in [2.45, 2.75) is 88.0 Å². The number of aromatic nitrogens is 1. The summed E-state index contributed by atoms with van der Waals surface area (Å²) < 4.78 is 7.06. The largest absolute Gasteiger partial charge is 0.512 e. The summed E-state index contributed by atoms with van der Waals surface area (Å²) in [4.78, 5) is 17.6. The van der Waals surface area contributed by atoms with Crippen LogP contribution in [0.5, 0.6) is 11.6 Å². The number of allylic oxidation sites excluding steroid dienone is 2. The molecule has 2 heterocycles. The zero-order chi connectivity index (χ0) is 27.3. The number of carbonyl (C=O) groups is 1. The maximum absolute atomic E-state index is 11.8. The smallest absolute Gasteiger partial charge is 0.217 e. The fourth-order valence-electron chi connectivity index (χ4n) is 3.18. The number of aliphatic hydroxyl groups is 1. The summed E-state index contributed by atoms with van der Waals surface area (Å²) in [6.07, 6.45) is 4.88. The van der Waals surface area contributed by atoms with Gasteiger partial charge >= 0.3 is 0 Å². The SMILES string of the molecule is CCC(C)(C)C(=O)/C=C(\O)C(C)(C)CC.Cc1[c-]c(Oc2cc3cc(C(C)C)sc3cn2)cc(C)c1.[Ir]. The van der Waals surface area contributed by atoms with Crippen LogP contribution in [0, 0.1) is 30.7 Å². The molecule has 4 nitrogen and oxygen atoms in total. The van der Waals surface area contributed by atoms with Crippen molar-refractivity contribution in [3.8, 4) is 11.6 Å². The molecule has 0 unspecified atom stereocenters. The number of carbonyl (C=O) groups excluding carboxylic acids is 1. The van der Waals surface area contributed by atoms with Crippen LogP contribution >= 0.6 is 11.3 Å². The molecule has 0 spiro atoms. The Morgan fingerprint density at radius 2 is 1.70 bits per heavy atom. The standard InChI is InChI=1S/C18H18NOS.C13H24O2.Ir/c1-11(2)16-8-14-9-18(19-10-17(14)21-16)20-15-6-12(3)5-13(4)7-15;1-7-12(3,4)10(14)9-11(15)13(5,6)8-2;/h5-6,8-11H,1-4H3;9,14H,7-8H2,1-6H3;/q-1;;/b;10-9-;. The summed E-state index contributed by atoms with van der Waals surface area (Å²) in [6, 6.07) is 11.5. The molecule has 0 saturated carbocycles. The number of benzene rings is 1. The van der Waals surface area contributed by atoms with Crippen LogP contribution < -0.4 is 4.74 Å². The Labute approximate surface area is 240 Å². The predicted molar refractivity (Wildman–Crippen MR) is 152 cm³/mol. The first-order chi connectivity index (χ1) is 16.7. The zero-order valence-corrected chi connectivity index (χ0v) is 27.1. The molecular weight excluding hydrogens is 659 g/mol. The number of aliphatic hydroxyl groups excluding tert-OH is 1. The molecule has 0 fully saturated rings. The Kier molecular flexibility index (Phi) is 12.2. The average Bonchev–Trinajstić information content (AvgIpc) is 3.22. The van der Waals surface area contributed by atoms with E-state index in [1.54, 1.807) is 11.3 Å². The second-order valence-corrected chi connectivity index (χ2v) is 12.2. The van der Waals surface area contributed by atoms with E-state index in [-0.39, 0.29) is 42.5 Å². The van der Waals surface area contributed by atoms with E-state index < -0.39 is 0 Å². The van der Waals surface area contributed by atoms with Gasteiger partial charge in [0, 0.05) is 59.9 Å². The second kappa shape index (κ2) is 13.7. The van der Waals surface area contributed by atoms with Gasteiger partial charge in [0.2, 0.25) is 5.88 Å². The monoisotopic (exact) mass is 701 g/mol. The molecule has 1 radical (unpaired) electrons. The number of nitrogens with zero attached hydrogens (tertiary/aromatic N) is 1. The van der Waals surface area contributed by atoms with Crippen LogP contribution in [0.4, 0.5) is 0 Å². The number of hydrogen-bond donors (Lipinski definition) is 1. The molecule has 0 bridgehead atoms. The van der Waals surface area contributed by atoms with Crippen LogP contribution in [0.3, 0.4) is 0 Å². The molecule has 205 valence electrons. The Balaban J connectivity index is 0.000000384. The Morgan fingerprint density at radius 3 is 2.24 bits per heavy atom. The van der Waals surface area contributed by atoms with E-state index in [4.69, 9.17) is 4.74 Å². The first-order valence-corrected chi connectivity index (χ1v) is 13.5. The third-order valence-corrected chi connectivity index (χ3v) is 8.09. The van der Waals surface area contributed by atoms with Crippen LogP contribution in [0.2, 0.25) is 0 Å². The van der Waals surface area contributed by atoms with Gasteiger partial charge in [-0.15, -0.1) is 23.5 Å². The Morgan fingerprint density at radius 1 is 1.08 bits per heavy atom. The van der Waals surface area contributed by atoms with Gasteiger partial charge in [0.25, 0.3) is 0 Å². The zero-order valence-electron chi connectivity index (χ0n) is 23.9. The molecule has 1 aromatic carbocycles. The third kappa shape index (κ3) is 9.35. The van der Waals surface area contributed by atoms with Gasteiger partial charge < -0.3 is 9.84 Å². The number of rotatable bonds is 8. The molecule has 0 aliphatic rings. The van der Waals surface area contributed by atoms with E-state index in [1.165, 1.54) is 26.6 Å². The average molecular weight is 701 g/mol. The molecule has 0 atom stereocenters. The van der Waals surface area contributed by atoms with Gasteiger partial charge in [0.05, 0.1) is 4.70 Å². The maximum atomic E-state index is 11.8. The third-order valence-electron chi connectivity index (χ3n) is 6.70. The number of aryl methyl sites for hydroxylation is 2. The van der Waals surface area contributed by atoms with Gasteiger partial charge in [-0.05, 0) is 30.2 Å². The predicted octanol–water partition coefficient (Wildman–Crippen LogP) is 9.50. The van der Waals surface area contributed by atoms with Gasteiger partial charge in [-0.3, -0.25) is 4.79 Å². The van der Waals surface area contributed by atoms with E-state index in [0.29, 0.717) is 11.8 Å². The molecule has 6 heteroatoms. The van der Waals surface area contributed by atoms with Crippen molar-refractivity contribution < 1.29 is 34.7 Å². The van der Waals surface area contributed by atoms with Crippen molar-refractivity contribution in [3.63, 3.8) is 0 Å². The van der Waals surface area contributed by atoms with E-state index >= 15 is 0 Å². The van der Waals surface area contributed by atoms with Crippen LogP contribution in [-0.2, 0) is 24.9 Å². The van der Waals surface area contributed by atoms with Gasteiger partial charge in [-0.1, -0.05) is 69.2 Å². The minimum atomic E-state index is -0.377. The van der Waals surface area contributed by atoms with Crippen molar-refractivity contribution in [3.05, 3.63) is 64.4 Å². The van der Waals surface area contributed by atoms with Gasteiger partial charge in [-0.2, -0.15) is 17.2 Å². The number of hydrogen-bond acceptors (Lipinski definition) is 5. The van der Waals surface area contributed by atoms with Crippen LogP contribution in [0.25, 0.3) is 10.1 Å². The van der Waals surface area contributed by atoms with Crippen molar-refractivity contribution in [2.75, 3.05) is 0 Å². The molecule has 0 aliphatic carbocycles. The number of thiophene rings is 1. The number of ether oxygens (including phenoxy) is 1. The number of pyridine rings is 1. The minimum Gasteiger partial charge on any atom is -0.512 e. The fourth-order valence-corrected chi connectivity index (χ4v) is 4.20. The molecule has 37 heavy (non-hydrogen) atoms. The van der Waals surface area contributed by atoms with E-state index in [1.807, 2.05) is 66.8 Å². The molecule has 3 rings (SSSR count). The summed E-state index contributed by atoms with van der Waals surface area (Å²) in [5.74, 6) is 2.08. The summed E-state index contributed by atoms with van der Waals surface area (Å²) in [7, 11) is 0. The topological polar surface area (TPSA) is 59.4 Å². The van der Waals surface area contributed by atoms with Crippen LogP contribution in [0.1, 0.15) is 90.2 Å². The van der Waals surface area contributed by atoms with Crippen LogP contribution in [0.15, 0.2) is 42.3 Å². The summed E-state index contributed by atoms with van der Waals surface area (Å²) >= 11 is 1.80. The van der Waals surface area contributed by atoms with Gasteiger partial charge in [-0.25, -0.2) is 4.98 Å². The Hall–Kier alpha value is -2.01. The summed E-state index contributed by atoms with van der Waals surface area (Å²) in [6.45, 7) is 20.1. The van der Waals surface area contributed by atoms with Crippen LogP contribution in [-0.4, -0.2) is 15.9 Å². The van der Waals surface area contributed by atoms with Crippen molar-refractivity contribution >= 4 is 27.2 Å². The quantitative estimate of drug-likeness (QED) is 0.145. The molecule has 1 N–H and O–H groups in total. The first-order valence-electron chi connectivity index (χ1n) is 12.7. The van der Waals surface area contributed by atoms with E-state index in [9.17, 15) is 9.90 Å². The van der Waals surface area contributed by atoms with Crippen molar-refractivity contribution in [1.82, 2.24) is 4.98 Å². The molecule has 0 saturated heterocycles. The molecule has 0 amide bonds. The molecule has 0 aliphatic heterocycles. The fraction of sp³-hybridized carbons (Fsp3) is 0.484. The summed E-state index contributed by atoms with van der Waals surface area (Å²) in [5.41, 5.74) is 1.56. The molecule has 2 aromatic heterocycles. The van der Waals surface area contributed by atoms with Gasteiger partial charge in [0.1, 0.15) is 5.76 Å².